The minimum absolute atomic E-state index is 0.0159. The number of azo groups is 2. The number of phenolic OH excluding ortho intramolecular Hbond substituents is 2. The lowest BCUT2D eigenvalue weighted by atomic mass is 10.0. The molecule has 0 saturated heterocycles. The standard InChI is InChI=1S/C58H40Cl4N6O8/c1-3-31-13-15-35(57(73)75-49-29-37(59)17-23-45(49)61)27-47(31)65-67-51-41-11-7-5-9-33(41)25-43(53(51)69)55(71)63-39-19-21-40(22-20-39)64-56(72)44-26-34-10-6-8-12-42(34)52(54(44)70)68-66-48-28-36(16-14-32(48)4-2)58(74)76-50-30-38(60)18-24-46(50)62/h5-30,69-70H,3-4H2,1-2H3,(H,63,71)(H,64,72). The van der Waals surface area contributed by atoms with Crippen molar-refractivity contribution < 1.29 is 38.9 Å². The molecule has 0 fully saturated rings. The van der Waals surface area contributed by atoms with Gasteiger partial charge in [-0.3, -0.25) is 9.59 Å². The van der Waals surface area contributed by atoms with Gasteiger partial charge in [0.2, 0.25) is 0 Å². The topological polar surface area (TPSA) is 201 Å². The maximum Gasteiger partial charge on any atom is 0.343 e. The van der Waals surface area contributed by atoms with Crippen molar-refractivity contribution in [2.24, 2.45) is 20.5 Å². The van der Waals surface area contributed by atoms with Crippen molar-refractivity contribution in [3.8, 4) is 23.0 Å². The Hall–Kier alpha value is -8.66. The summed E-state index contributed by atoms with van der Waals surface area (Å²) < 4.78 is 11.0. The highest BCUT2D eigenvalue weighted by molar-refractivity contribution is 6.35. The summed E-state index contributed by atoms with van der Waals surface area (Å²) >= 11 is 24.6. The number of amides is 2. The lowest BCUT2D eigenvalue weighted by Gasteiger charge is -2.13. The lowest BCUT2D eigenvalue weighted by molar-refractivity contribution is 0.0725. The van der Waals surface area contributed by atoms with Crippen LogP contribution in [0.2, 0.25) is 20.1 Å². The number of hydrogen-bond donors (Lipinski definition) is 4. The number of ether oxygens (including phenoxy) is 2. The van der Waals surface area contributed by atoms with Gasteiger partial charge in [0.15, 0.2) is 23.0 Å². The molecule has 9 aromatic rings. The molecular formula is C58H40Cl4N6O8. The molecule has 14 nitrogen and oxygen atoms in total. The third-order valence-corrected chi connectivity index (χ3v) is 13.1. The maximum absolute atomic E-state index is 13.9. The molecule has 0 aromatic heterocycles. The second-order valence-electron chi connectivity index (χ2n) is 16.9. The van der Waals surface area contributed by atoms with Gasteiger partial charge < -0.3 is 30.3 Å². The van der Waals surface area contributed by atoms with Crippen molar-refractivity contribution in [1.82, 2.24) is 0 Å². The van der Waals surface area contributed by atoms with Gasteiger partial charge in [-0.05, 0) is 120 Å². The van der Waals surface area contributed by atoms with Crippen LogP contribution in [0.5, 0.6) is 23.0 Å². The van der Waals surface area contributed by atoms with Crippen LogP contribution in [-0.4, -0.2) is 34.0 Å². The molecule has 0 aliphatic carbocycles. The number of carbonyl (C=O) groups is 4. The Morgan fingerprint density at radius 3 is 1.26 bits per heavy atom. The first-order valence-electron chi connectivity index (χ1n) is 23.3. The van der Waals surface area contributed by atoms with Crippen LogP contribution in [0.4, 0.5) is 34.1 Å². The molecule has 378 valence electrons. The third kappa shape index (κ3) is 11.5. The van der Waals surface area contributed by atoms with Crippen LogP contribution in [0.15, 0.2) is 178 Å². The molecule has 76 heavy (non-hydrogen) atoms. The molecule has 0 saturated carbocycles. The third-order valence-electron chi connectivity index (χ3n) is 12.0. The van der Waals surface area contributed by atoms with Crippen LogP contribution in [0.1, 0.15) is 66.4 Å². The highest BCUT2D eigenvalue weighted by atomic mass is 35.5. The average Bonchev–Trinajstić information content (AvgIpc) is 3.43. The average molecular weight is 1090 g/mol. The number of phenols is 2. The van der Waals surface area contributed by atoms with E-state index in [2.05, 4.69) is 31.1 Å². The van der Waals surface area contributed by atoms with Gasteiger partial charge in [-0.15, -0.1) is 10.2 Å². The van der Waals surface area contributed by atoms with Crippen LogP contribution in [0.25, 0.3) is 21.5 Å². The van der Waals surface area contributed by atoms with E-state index in [0.29, 0.717) is 67.2 Å². The van der Waals surface area contributed by atoms with Crippen molar-refractivity contribution in [1.29, 1.82) is 0 Å². The summed E-state index contributed by atoms with van der Waals surface area (Å²) in [5.41, 5.74) is 2.93. The number of hydrogen-bond acceptors (Lipinski definition) is 12. The zero-order valence-corrected chi connectivity index (χ0v) is 43.1. The summed E-state index contributed by atoms with van der Waals surface area (Å²) in [6.45, 7) is 3.82. The fraction of sp³-hybridized carbons (Fsp3) is 0.0690. The summed E-state index contributed by atoms with van der Waals surface area (Å²) in [6, 6.07) is 42.0. The molecular weight excluding hydrogens is 1050 g/mol. The molecule has 18 heteroatoms. The molecule has 9 aromatic carbocycles. The largest absolute Gasteiger partial charge is 0.505 e. The van der Waals surface area contributed by atoms with Crippen molar-refractivity contribution >= 4 is 126 Å². The van der Waals surface area contributed by atoms with E-state index >= 15 is 0 Å². The SMILES string of the molecule is CCc1ccc(C(=O)Oc2cc(Cl)ccc2Cl)cc1N=Nc1c(O)c(C(=O)Nc2ccc(NC(=O)c3cc4ccccc4c(N=Nc4cc(C(=O)Oc5cc(Cl)ccc5Cl)ccc4CC)c3O)cc2)cc2ccccc12. The molecule has 0 spiro atoms. The second kappa shape index (κ2) is 22.8. The van der Waals surface area contributed by atoms with E-state index in [-0.39, 0.29) is 55.2 Å². The molecule has 0 bridgehead atoms. The number of halogens is 4. The number of anilines is 2. The minimum atomic E-state index is -0.708. The van der Waals surface area contributed by atoms with Gasteiger partial charge in [0.1, 0.15) is 11.4 Å². The summed E-state index contributed by atoms with van der Waals surface area (Å²) in [5.74, 6) is -3.47. The van der Waals surface area contributed by atoms with E-state index in [1.807, 2.05) is 13.8 Å². The van der Waals surface area contributed by atoms with E-state index in [0.717, 1.165) is 11.1 Å². The fourth-order valence-corrected chi connectivity index (χ4v) is 8.66. The van der Waals surface area contributed by atoms with Crippen molar-refractivity contribution in [3.63, 3.8) is 0 Å². The maximum atomic E-state index is 13.9. The van der Waals surface area contributed by atoms with Gasteiger partial charge in [0.25, 0.3) is 11.8 Å². The minimum Gasteiger partial charge on any atom is -0.505 e. The molecule has 0 heterocycles. The van der Waals surface area contributed by atoms with E-state index in [1.54, 1.807) is 109 Å². The van der Waals surface area contributed by atoms with Crippen LogP contribution in [0.3, 0.4) is 0 Å². The molecule has 0 atom stereocenters. The number of aromatic hydroxyl groups is 2. The van der Waals surface area contributed by atoms with Gasteiger partial charge in [0.05, 0.1) is 43.7 Å². The molecule has 0 aliphatic heterocycles. The number of benzene rings is 9. The first kappa shape index (κ1) is 52.2. The quantitative estimate of drug-likeness (QED) is 0.0468. The Labute approximate surface area is 454 Å². The van der Waals surface area contributed by atoms with Gasteiger partial charge >= 0.3 is 11.9 Å². The number of fused-ring (bicyclic) bond motifs is 2. The molecule has 4 N–H and O–H groups in total. The summed E-state index contributed by atoms with van der Waals surface area (Å²) in [4.78, 5) is 54.2. The van der Waals surface area contributed by atoms with Crippen molar-refractivity contribution in [2.45, 2.75) is 26.7 Å². The molecule has 9 rings (SSSR count). The van der Waals surface area contributed by atoms with Crippen molar-refractivity contribution in [2.75, 3.05) is 10.6 Å². The smallest absolute Gasteiger partial charge is 0.343 e. The van der Waals surface area contributed by atoms with E-state index in [1.165, 1.54) is 48.5 Å². The van der Waals surface area contributed by atoms with Gasteiger partial charge in [0, 0.05) is 44.3 Å². The predicted octanol–water partition coefficient (Wildman–Crippen LogP) is 16.9. The lowest BCUT2D eigenvalue weighted by Crippen LogP contribution is -2.13. The van der Waals surface area contributed by atoms with E-state index in [4.69, 9.17) is 55.9 Å². The number of carbonyl (C=O) groups excluding carboxylic acids is 4. The Morgan fingerprint density at radius 1 is 0.474 bits per heavy atom. The Morgan fingerprint density at radius 2 is 0.868 bits per heavy atom. The van der Waals surface area contributed by atoms with Crippen LogP contribution < -0.4 is 20.1 Å². The molecule has 0 radical (unpaired) electrons. The van der Waals surface area contributed by atoms with E-state index < -0.39 is 35.3 Å². The zero-order valence-electron chi connectivity index (χ0n) is 40.1. The molecule has 0 unspecified atom stereocenters. The Kier molecular flexibility index (Phi) is 15.7. The van der Waals surface area contributed by atoms with Crippen molar-refractivity contribution in [3.05, 3.63) is 211 Å². The number of nitrogens with one attached hydrogen (secondary N) is 2. The van der Waals surface area contributed by atoms with E-state index in [9.17, 15) is 29.4 Å². The Bertz CT molecular complexity index is 3620. The summed E-state index contributed by atoms with van der Waals surface area (Å²) in [7, 11) is 0. The first-order chi connectivity index (χ1) is 36.7. The number of aryl methyl sites for hydroxylation is 2. The fourth-order valence-electron chi connectivity index (χ4n) is 8.02. The zero-order chi connectivity index (χ0) is 53.6. The monoisotopic (exact) mass is 1090 g/mol. The van der Waals surface area contributed by atoms with Gasteiger partial charge in [-0.25, -0.2) is 9.59 Å². The number of esters is 2. The first-order valence-corrected chi connectivity index (χ1v) is 24.8. The van der Waals surface area contributed by atoms with Gasteiger partial charge in [-0.2, -0.15) is 10.2 Å². The number of rotatable bonds is 14. The predicted molar refractivity (Wildman–Crippen MR) is 296 cm³/mol. The Balaban J connectivity index is 0.927. The highest BCUT2D eigenvalue weighted by Gasteiger charge is 2.22. The summed E-state index contributed by atoms with van der Waals surface area (Å²) in [6.07, 6.45) is 1.06. The second-order valence-corrected chi connectivity index (χ2v) is 18.6. The van der Waals surface area contributed by atoms with Crippen LogP contribution in [0, 0.1) is 0 Å². The van der Waals surface area contributed by atoms with Gasteiger partial charge in [-0.1, -0.05) is 121 Å². The van der Waals surface area contributed by atoms with Crippen LogP contribution in [-0.2, 0) is 12.8 Å². The molecule has 2 amide bonds. The normalized spacial score (nSPS) is 11.3. The molecule has 0 aliphatic rings. The van der Waals surface area contributed by atoms with Crippen LogP contribution >= 0.6 is 46.4 Å². The number of nitrogens with zero attached hydrogens (tertiary/aromatic N) is 4. The highest BCUT2D eigenvalue weighted by Crippen LogP contribution is 2.42. The summed E-state index contributed by atoms with van der Waals surface area (Å²) in [5, 5.41) is 49.9.